The van der Waals surface area contributed by atoms with Crippen LogP contribution in [0.25, 0.3) is 0 Å². The van der Waals surface area contributed by atoms with E-state index in [0.717, 1.165) is 0 Å². The van der Waals surface area contributed by atoms with Crippen molar-refractivity contribution >= 4 is 0 Å². The zero-order valence-corrected chi connectivity index (χ0v) is 12.8. The van der Waals surface area contributed by atoms with Crippen LogP contribution < -0.4 is 0 Å². The van der Waals surface area contributed by atoms with Crippen LogP contribution in [0.2, 0.25) is 0 Å². The lowest BCUT2D eigenvalue weighted by molar-refractivity contribution is -0.312. The first-order valence-corrected chi connectivity index (χ1v) is 6.80. The number of rotatable bonds is 6. The number of nitrogens with zero attached hydrogens (tertiary/aromatic N) is 3. The third kappa shape index (κ3) is 3.18. The highest BCUT2D eigenvalue weighted by Crippen LogP contribution is 2.31. The summed E-state index contributed by atoms with van der Waals surface area (Å²) in [7, 11) is 4.66. The molecule has 0 aliphatic carbocycles. The van der Waals surface area contributed by atoms with Gasteiger partial charge in [-0.15, -0.1) is 0 Å². The SMILES string of the molecule is CN(C)C(O)(O)COC(O)(c1ccccc1)c1ccnn1C. The van der Waals surface area contributed by atoms with E-state index in [1.165, 1.54) is 29.9 Å². The van der Waals surface area contributed by atoms with Gasteiger partial charge in [0.1, 0.15) is 12.3 Å². The predicted molar refractivity (Wildman–Crippen MR) is 79.5 cm³/mol. The lowest BCUT2D eigenvalue weighted by Gasteiger charge is -2.34. The summed E-state index contributed by atoms with van der Waals surface area (Å²) in [4.78, 5) is 1.18. The normalized spacial score (nSPS) is 15.0. The van der Waals surface area contributed by atoms with Crippen molar-refractivity contribution in [3.05, 3.63) is 53.9 Å². The molecule has 1 heterocycles. The molecular weight excluding hydrogens is 286 g/mol. The second-order valence-corrected chi connectivity index (χ2v) is 5.31. The summed E-state index contributed by atoms with van der Waals surface area (Å²) in [6.07, 6.45) is 1.53. The van der Waals surface area contributed by atoms with Gasteiger partial charge >= 0.3 is 0 Å². The zero-order valence-electron chi connectivity index (χ0n) is 12.8. The van der Waals surface area contributed by atoms with Gasteiger partial charge in [0.15, 0.2) is 0 Å². The molecule has 0 saturated heterocycles. The van der Waals surface area contributed by atoms with Crippen LogP contribution in [0, 0.1) is 0 Å². The average molecular weight is 307 g/mol. The first-order chi connectivity index (χ1) is 10.3. The van der Waals surface area contributed by atoms with Gasteiger partial charge in [-0.1, -0.05) is 30.3 Å². The van der Waals surface area contributed by atoms with Gasteiger partial charge in [-0.3, -0.25) is 9.58 Å². The highest BCUT2D eigenvalue weighted by molar-refractivity contribution is 5.29. The molecule has 1 aromatic heterocycles. The summed E-state index contributed by atoms with van der Waals surface area (Å²) in [6, 6.07) is 10.3. The molecule has 0 radical (unpaired) electrons. The van der Waals surface area contributed by atoms with E-state index >= 15 is 0 Å². The molecule has 120 valence electrons. The lowest BCUT2D eigenvalue weighted by atomic mass is 10.0. The fourth-order valence-electron chi connectivity index (χ4n) is 2.01. The minimum atomic E-state index is -2.21. The molecule has 7 nitrogen and oxygen atoms in total. The molecule has 2 rings (SSSR count). The average Bonchev–Trinajstić information content (AvgIpc) is 2.92. The topological polar surface area (TPSA) is 91.0 Å². The molecule has 0 spiro atoms. The van der Waals surface area contributed by atoms with E-state index in [9.17, 15) is 15.3 Å². The molecular formula is C15H21N3O4. The summed E-state index contributed by atoms with van der Waals surface area (Å²) in [5.41, 5.74) is 0.849. The van der Waals surface area contributed by atoms with Crippen LogP contribution in [0.5, 0.6) is 0 Å². The van der Waals surface area contributed by atoms with E-state index in [1.807, 2.05) is 6.07 Å². The Bertz CT molecular complexity index is 612. The van der Waals surface area contributed by atoms with Crippen molar-refractivity contribution in [2.75, 3.05) is 20.7 Å². The van der Waals surface area contributed by atoms with Gasteiger partial charge in [0.2, 0.25) is 11.7 Å². The van der Waals surface area contributed by atoms with E-state index in [4.69, 9.17) is 4.74 Å². The zero-order chi connectivity index (χ0) is 16.4. The summed E-state index contributed by atoms with van der Waals surface area (Å²) in [5, 5.41) is 34.9. The van der Waals surface area contributed by atoms with Crippen LogP contribution >= 0.6 is 0 Å². The number of ether oxygens (including phenoxy) is 1. The molecule has 0 aliphatic heterocycles. The quantitative estimate of drug-likeness (QED) is 0.642. The maximum Gasteiger partial charge on any atom is 0.249 e. The van der Waals surface area contributed by atoms with Crippen LogP contribution in [-0.4, -0.2) is 56.6 Å². The summed E-state index contributed by atoms with van der Waals surface area (Å²) < 4.78 is 6.99. The van der Waals surface area contributed by atoms with E-state index in [2.05, 4.69) is 5.10 Å². The molecule has 1 atom stereocenters. The fraction of sp³-hybridized carbons (Fsp3) is 0.400. The summed E-state index contributed by atoms with van der Waals surface area (Å²) in [5.74, 6) is -4.05. The Morgan fingerprint density at radius 1 is 1.14 bits per heavy atom. The van der Waals surface area contributed by atoms with Crippen molar-refractivity contribution in [1.82, 2.24) is 14.7 Å². The molecule has 22 heavy (non-hydrogen) atoms. The number of aliphatic hydroxyl groups is 3. The largest absolute Gasteiger partial charge is 0.357 e. The first-order valence-electron chi connectivity index (χ1n) is 6.80. The number of benzene rings is 1. The summed E-state index contributed by atoms with van der Waals surface area (Å²) in [6.45, 7) is -0.517. The molecule has 0 amide bonds. The van der Waals surface area contributed by atoms with Gasteiger partial charge in [0.25, 0.3) is 0 Å². The Labute approximate surface area is 129 Å². The van der Waals surface area contributed by atoms with Crippen molar-refractivity contribution in [1.29, 1.82) is 0 Å². The van der Waals surface area contributed by atoms with E-state index < -0.39 is 18.3 Å². The highest BCUT2D eigenvalue weighted by atomic mass is 16.7. The number of likely N-dealkylation sites (N-methyl/N-ethyl adjacent to an activating group) is 1. The van der Waals surface area contributed by atoms with Crippen LogP contribution in [0.15, 0.2) is 42.6 Å². The van der Waals surface area contributed by atoms with Crippen LogP contribution in [0.1, 0.15) is 11.3 Å². The monoisotopic (exact) mass is 307 g/mol. The first kappa shape index (κ1) is 16.6. The molecule has 3 N–H and O–H groups in total. The van der Waals surface area contributed by atoms with Crippen LogP contribution in [-0.2, 0) is 17.6 Å². The second-order valence-electron chi connectivity index (χ2n) is 5.31. The fourth-order valence-corrected chi connectivity index (χ4v) is 2.01. The number of hydrogen-bond acceptors (Lipinski definition) is 6. The Kier molecular flexibility index (Phi) is 4.64. The van der Waals surface area contributed by atoms with Crippen molar-refractivity contribution in [3.63, 3.8) is 0 Å². The molecule has 0 saturated carbocycles. The number of aromatic nitrogens is 2. The van der Waals surface area contributed by atoms with Crippen molar-refractivity contribution in [3.8, 4) is 0 Å². The standard InChI is InChI=1S/C15H21N3O4/c1-17(2)14(19,20)11-22-15(21,12-7-5-4-6-8-12)13-9-10-16-18(13)3/h4-10,19-21H,11H2,1-3H3. The number of aryl methyl sites for hydroxylation is 1. The molecule has 7 heteroatoms. The third-order valence-electron chi connectivity index (χ3n) is 3.52. The van der Waals surface area contributed by atoms with Gasteiger partial charge < -0.3 is 20.1 Å². The summed E-state index contributed by atoms with van der Waals surface area (Å²) >= 11 is 0. The maximum atomic E-state index is 11.0. The van der Waals surface area contributed by atoms with Crippen molar-refractivity contribution in [2.24, 2.45) is 7.05 Å². The molecule has 1 aromatic carbocycles. The minimum absolute atomic E-state index is 0.383. The van der Waals surface area contributed by atoms with Gasteiger partial charge in [0.05, 0.1) is 0 Å². The lowest BCUT2D eigenvalue weighted by Crippen LogP contribution is -2.50. The molecule has 0 aliphatic rings. The van der Waals surface area contributed by atoms with Crippen molar-refractivity contribution in [2.45, 2.75) is 11.7 Å². The Morgan fingerprint density at radius 3 is 2.27 bits per heavy atom. The highest BCUT2D eigenvalue weighted by Gasteiger charge is 2.39. The van der Waals surface area contributed by atoms with E-state index in [-0.39, 0.29) is 0 Å². The van der Waals surface area contributed by atoms with E-state index in [1.54, 1.807) is 37.4 Å². The molecule has 1 unspecified atom stereocenters. The molecule has 0 bridgehead atoms. The third-order valence-corrected chi connectivity index (χ3v) is 3.52. The smallest absolute Gasteiger partial charge is 0.249 e. The number of hydrogen-bond donors (Lipinski definition) is 3. The minimum Gasteiger partial charge on any atom is -0.357 e. The Balaban J connectivity index is 2.38. The van der Waals surface area contributed by atoms with Gasteiger partial charge in [-0.25, -0.2) is 0 Å². The predicted octanol–water partition coefficient (Wildman–Crippen LogP) is -0.170. The molecule has 2 aromatic rings. The van der Waals surface area contributed by atoms with Crippen LogP contribution in [0.4, 0.5) is 0 Å². The Morgan fingerprint density at radius 2 is 1.77 bits per heavy atom. The van der Waals surface area contributed by atoms with Gasteiger partial charge in [-0.05, 0) is 20.2 Å². The van der Waals surface area contributed by atoms with Crippen LogP contribution in [0.3, 0.4) is 0 Å². The van der Waals surface area contributed by atoms with Crippen molar-refractivity contribution < 1.29 is 20.1 Å². The van der Waals surface area contributed by atoms with Gasteiger partial charge in [0, 0.05) is 18.8 Å². The molecule has 0 fully saturated rings. The van der Waals surface area contributed by atoms with Gasteiger partial charge in [-0.2, -0.15) is 5.10 Å². The second kappa shape index (κ2) is 6.15. The van der Waals surface area contributed by atoms with E-state index in [0.29, 0.717) is 11.3 Å². The maximum absolute atomic E-state index is 11.0. The Hall–Kier alpha value is -1.77.